The van der Waals surface area contributed by atoms with E-state index in [4.69, 9.17) is 28.9 Å². The Kier molecular flexibility index (Phi) is 5.47. The van der Waals surface area contributed by atoms with Crippen molar-refractivity contribution in [3.05, 3.63) is 69.2 Å². The van der Waals surface area contributed by atoms with Crippen molar-refractivity contribution in [3.63, 3.8) is 0 Å². The minimum absolute atomic E-state index is 0.0933. The van der Waals surface area contributed by atoms with Crippen LogP contribution in [0.15, 0.2) is 42.5 Å². The minimum atomic E-state index is -0.0933. The maximum Gasteiger partial charge on any atom is 0.0453 e. The Morgan fingerprint density at radius 2 is 1.70 bits per heavy atom. The van der Waals surface area contributed by atoms with Gasteiger partial charge in [-0.05, 0) is 41.7 Å². The van der Waals surface area contributed by atoms with E-state index in [0.29, 0.717) is 16.5 Å². The highest BCUT2D eigenvalue weighted by Crippen LogP contribution is 2.28. The second kappa shape index (κ2) is 7.12. The van der Waals surface area contributed by atoms with Gasteiger partial charge in [0.2, 0.25) is 0 Å². The number of rotatable bonds is 5. The molecule has 0 aliphatic heterocycles. The first-order valence-electron chi connectivity index (χ1n) is 6.89. The molecule has 0 aliphatic carbocycles. The molecule has 0 spiro atoms. The Balaban J connectivity index is 2.19. The zero-order chi connectivity index (χ0) is 14.5. The van der Waals surface area contributed by atoms with Gasteiger partial charge in [-0.25, -0.2) is 0 Å². The summed E-state index contributed by atoms with van der Waals surface area (Å²) in [5.74, 6) is 0. The van der Waals surface area contributed by atoms with Crippen LogP contribution in [0.3, 0.4) is 0 Å². The summed E-state index contributed by atoms with van der Waals surface area (Å²) < 4.78 is 0. The van der Waals surface area contributed by atoms with Crippen LogP contribution >= 0.6 is 23.2 Å². The standard InChI is InChI=1S/C17H19Cl2N/c1-2-5-12-6-3-7-13(10-12)17(20)11-14-15(18)8-4-9-16(14)19/h3-4,6-10,17H,2,5,11,20H2,1H3. The topological polar surface area (TPSA) is 26.0 Å². The zero-order valence-corrected chi connectivity index (χ0v) is 13.1. The second-order valence-electron chi connectivity index (χ2n) is 5.01. The molecule has 0 aromatic heterocycles. The maximum absolute atomic E-state index is 6.31. The fourth-order valence-electron chi connectivity index (χ4n) is 2.33. The fraction of sp³-hybridized carbons (Fsp3) is 0.294. The lowest BCUT2D eigenvalue weighted by Crippen LogP contribution is -2.14. The SMILES string of the molecule is CCCc1cccc(C(N)Cc2c(Cl)cccc2Cl)c1. The van der Waals surface area contributed by atoms with Gasteiger partial charge in [0.15, 0.2) is 0 Å². The fourth-order valence-corrected chi connectivity index (χ4v) is 2.88. The van der Waals surface area contributed by atoms with Crippen LogP contribution in [0.25, 0.3) is 0 Å². The van der Waals surface area contributed by atoms with E-state index in [1.165, 1.54) is 5.56 Å². The average Bonchev–Trinajstić information content (AvgIpc) is 2.43. The van der Waals surface area contributed by atoms with Crippen molar-refractivity contribution in [3.8, 4) is 0 Å². The molecule has 1 unspecified atom stereocenters. The van der Waals surface area contributed by atoms with Gasteiger partial charge in [0, 0.05) is 16.1 Å². The Labute approximate surface area is 130 Å². The molecule has 0 aliphatic rings. The molecule has 2 N–H and O–H groups in total. The molecule has 3 heteroatoms. The van der Waals surface area contributed by atoms with Crippen molar-refractivity contribution in [2.24, 2.45) is 5.73 Å². The van der Waals surface area contributed by atoms with Crippen LogP contribution < -0.4 is 5.73 Å². The molecule has 2 rings (SSSR count). The highest BCUT2D eigenvalue weighted by atomic mass is 35.5. The van der Waals surface area contributed by atoms with Gasteiger partial charge >= 0.3 is 0 Å². The number of nitrogens with two attached hydrogens (primary N) is 1. The lowest BCUT2D eigenvalue weighted by Gasteiger charge is -2.15. The Bertz CT molecular complexity index is 561. The summed E-state index contributed by atoms with van der Waals surface area (Å²) in [5.41, 5.74) is 9.69. The highest BCUT2D eigenvalue weighted by molar-refractivity contribution is 6.36. The highest BCUT2D eigenvalue weighted by Gasteiger charge is 2.12. The first-order chi connectivity index (χ1) is 9.61. The van der Waals surface area contributed by atoms with E-state index in [-0.39, 0.29) is 6.04 Å². The molecule has 2 aromatic rings. The summed E-state index contributed by atoms with van der Waals surface area (Å²) in [4.78, 5) is 0. The number of halogens is 2. The smallest absolute Gasteiger partial charge is 0.0453 e. The minimum Gasteiger partial charge on any atom is -0.324 e. The van der Waals surface area contributed by atoms with Crippen molar-refractivity contribution < 1.29 is 0 Å². The quantitative estimate of drug-likeness (QED) is 0.808. The molecule has 1 atom stereocenters. The zero-order valence-electron chi connectivity index (χ0n) is 11.6. The van der Waals surface area contributed by atoms with E-state index in [1.807, 2.05) is 18.2 Å². The van der Waals surface area contributed by atoms with Crippen molar-refractivity contribution in [2.45, 2.75) is 32.2 Å². The number of hydrogen-bond acceptors (Lipinski definition) is 1. The third-order valence-corrected chi connectivity index (χ3v) is 4.11. The molecule has 0 amide bonds. The summed E-state index contributed by atoms with van der Waals surface area (Å²) in [6, 6.07) is 13.9. The first kappa shape index (κ1) is 15.4. The lowest BCUT2D eigenvalue weighted by molar-refractivity contribution is 0.720. The van der Waals surface area contributed by atoms with Gasteiger partial charge in [-0.3, -0.25) is 0 Å². The van der Waals surface area contributed by atoms with E-state index < -0.39 is 0 Å². The molecular formula is C17H19Cl2N. The summed E-state index contributed by atoms with van der Waals surface area (Å²) in [7, 11) is 0. The van der Waals surface area contributed by atoms with Gasteiger partial charge < -0.3 is 5.73 Å². The summed E-state index contributed by atoms with van der Waals surface area (Å²) in [6.45, 7) is 2.18. The molecule has 0 bridgehead atoms. The molecule has 0 saturated carbocycles. The molecular weight excluding hydrogens is 289 g/mol. The van der Waals surface area contributed by atoms with Crippen molar-refractivity contribution in [1.29, 1.82) is 0 Å². The van der Waals surface area contributed by atoms with Gasteiger partial charge in [-0.1, -0.05) is 66.9 Å². The molecule has 0 fully saturated rings. The molecule has 0 radical (unpaired) electrons. The van der Waals surface area contributed by atoms with Crippen LogP contribution in [0, 0.1) is 0 Å². The normalized spacial score (nSPS) is 12.4. The largest absolute Gasteiger partial charge is 0.324 e. The van der Waals surface area contributed by atoms with Crippen LogP contribution in [-0.2, 0) is 12.8 Å². The van der Waals surface area contributed by atoms with E-state index >= 15 is 0 Å². The van der Waals surface area contributed by atoms with Gasteiger partial charge in [-0.2, -0.15) is 0 Å². The van der Waals surface area contributed by atoms with Crippen molar-refractivity contribution in [2.75, 3.05) is 0 Å². The predicted molar refractivity (Wildman–Crippen MR) is 87.5 cm³/mol. The van der Waals surface area contributed by atoms with E-state index in [2.05, 4.69) is 31.2 Å². The van der Waals surface area contributed by atoms with Crippen molar-refractivity contribution >= 4 is 23.2 Å². The van der Waals surface area contributed by atoms with Gasteiger partial charge in [0.05, 0.1) is 0 Å². The molecule has 0 saturated heterocycles. The number of hydrogen-bond donors (Lipinski definition) is 1. The van der Waals surface area contributed by atoms with E-state index in [9.17, 15) is 0 Å². The van der Waals surface area contributed by atoms with E-state index in [1.54, 1.807) is 0 Å². The number of aryl methyl sites for hydroxylation is 1. The van der Waals surface area contributed by atoms with Crippen LogP contribution in [-0.4, -0.2) is 0 Å². The Morgan fingerprint density at radius 3 is 2.35 bits per heavy atom. The lowest BCUT2D eigenvalue weighted by atomic mass is 9.97. The molecule has 106 valence electrons. The maximum atomic E-state index is 6.31. The summed E-state index contributed by atoms with van der Waals surface area (Å²) in [6.07, 6.45) is 2.86. The monoisotopic (exact) mass is 307 g/mol. The van der Waals surface area contributed by atoms with Crippen molar-refractivity contribution in [1.82, 2.24) is 0 Å². The predicted octanol–water partition coefficient (Wildman–Crippen LogP) is 5.19. The summed E-state index contributed by atoms with van der Waals surface area (Å²) >= 11 is 12.4. The van der Waals surface area contributed by atoms with Crippen LogP contribution in [0.1, 0.15) is 36.1 Å². The van der Waals surface area contributed by atoms with E-state index in [0.717, 1.165) is 24.0 Å². The first-order valence-corrected chi connectivity index (χ1v) is 7.64. The Morgan fingerprint density at radius 1 is 1.05 bits per heavy atom. The average molecular weight is 308 g/mol. The molecule has 1 nitrogen and oxygen atoms in total. The number of benzene rings is 2. The third kappa shape index (κ3) is 3.76. The van der Waals surface area contributed by atoms with Gasteiger partial charge in [-0.15, -0.1) is 0 Å². The summed E-state index contributed by atoms with van der Waals surface area (Å²) in [5, 5.41) is 1.36. The molecule has 20 heavy (non-hydrogen) atoms. The van der Waals surface area contributed by atoms with Crippen LogP contribution in [0.5, 0.6) is 0 Å². The molecule has 2 aromatic carbocycles. The van der Waals surface area contributed by atoms with Gasteiger partial charge in [0.25, 0.3) is 0 Å². The Hall–Kier alpha value is -1.02. The van der Waals surface area contributed by atoms with Crippen LogP contribution in [0.2, 0.25) is 10.0 Å². The molecule has 0 heterocycles. The second-order valence-corrected chi connectivity index (χ2v) is 5.82. The third-order valence-electron chi connectivity index (χ3n) is 3.40. The van der Waals surface area contributed by atoms with Crippen LogP contribution in [0.4, 0.5) is 0 Å². The van der Waals surface area contributed by atoms with Gasteiger partial charge in [0.1, 0.15) is 0 Å².